The van der Waals surface area contributed by atoms with E-state index >= 15 is 0 Å². The minimum Gasteiger partial charge on any atom is -0.303 e. The van der Waals surface area contributed by atoms with Crippen molar-refractivity contribution in [3.05, 3.63) is 99.5 Å². The molecule has 196 valence electrons. The normalized spacial score (nSPS) is 19.2. The molecule has 0 N–H and O–H groups in total. The van der Waals surface area contributed by atoms with E-state index in [1.165, 1.54) is 11.1 Å². The van der Waals surface area contributed by atoms with Crippen LogP contribution in [0.25, 0.3) is 0 Å². The molecule has 2 aliphatic rings. The molecule has 37 heavy (non-hydrogen) atoms. The van der Waals surface area contributed by atoms with E-state index in [0.717, 1.165) is 57.5 Å². The highest BCUT2D eigenvalue weighted by Crippen LogP contribution is 2.46. The second-order valence-electron chi connectivity index (χ2n) is 10.7. The van der Waals surface area contributed by atoms with Crippen LogP contribution in [-0.2, 0) is 21.8 Å². The minimum atomic E-state index is -3.19. The standard InChI is InChI=1S/C30H34Cl2N2O2S/c1-33(20-23-7-3-2-4-8-23)21-25(24-11-12-27(31)28(32)19-24)13-16-34-17-14-30(15-18-34)22-37(35,36)29-10-6-5-9-26(29)30/h2-12,19,25H,13-18,20-22H2,1H3/t25-/m1/s1. The smallest absolute Gasteiger partial charge is 0.179 e. The van der Waals surface area contributed by atoms with Crippen molar-refractivity contribution in [3.63, 3.8) is 0 Å². The molecular weight excluding hydrogens is 523 g/mol. The molecule has 7 heteroatoms. The number of hydrogen-bond acceptors (Lipinski definition) is 4. The first-order valence-electron chi connectivity index (χ1n) is 13.0. The van der Waals surface area contributed by atoms with Gasteiger partial charge in [0.15, 0.2) is 9.84 Å². The molecule has 0 saturated carbocycles. The van der Waals surface area contributed by atoms with Gasteiger partial charge in [0, 0.05) is 18.5 Å². The lowest BCUT2D eigenvalue weighted by molar-refractivity contribution is 0.163. The Morgan fingerprint density at radius 1 is 0.946 bits per heavy atom. The summed E-state index contributed by atoms with van der Waals surface area (Å²) in [5.74, 6) is 0.565. The van der Waals surface area contributed by atoms with Crippen molar-refractivity contribution in [2.24, 2.45) is 0 Å². The number of hydrogen-bond donors (Lipinski definition) is 0. The largest absolute Gasteiger partial charge is 0.303 e. The highest BCUT2D eigenvalue weighted by molar-refractivity contribution is 7.91. The van der Waals surface area contributed by atoms with Crippen LogP contribution in [0.1, 0.15) is 41.9 Å². The van der Waals surface area contributed by atoms with Crippen molar-refractivity contribution >= 4 is 33.0 Å². The summed E-state index contributed by atoms with van der Waals surface area (Å²) in [6.07, 6.45) is 2.77. The highest BCUT2D eigenvalue weighted by atomic mass is 35.5. The summed E-state index contributed by atoms with van der Waals surface area (Å²) in [5, 5.41) is 1.17. The Hall–Kier alpha value is -1.89. The molecule has 1 saturated heterocycles. The zero-order valence-electron chi connectivity index (χ0n) is 21.2. The molecule has 0 unspecified atom stereocenters. The van der Waals surface area contributed by atoms with Crippen LogP contribution < -0.4 is 0 Å². The molecule has 0 amide bonds. The van der Waals surface area contributed by atoms with Gasteiger partial charge in [0.05, 0.1) is 20.7 Å². The fraction of sp³-hybridized carbons (Fsp3) is 0.400. The zero-order valence-corrected chi connectivity index (χ0v) is 23.6. The lowest BCUT2D eigenvalue weighted by atomic mass is 9.74. The molecule has 2 aliphatic heterocycles. The highest BCUT2D eigenvalue weighted by Gasteiger charge is 2.48. The summed E-state index contributed by atoms with van der Waals surface area (Å²) in [4.78, 5) is 5.42. The molecule has 0 bridgehead atoms. The zero-order chi connectivity index (χ0) is 26.0. The quantitative estimate of drug-likeness (QED) is 0.321. The molecular formula is C30H34Cl2N2O2S. The van der Waals surface area contributed by atoms with Gasteiger partial charge < -0.3 is 9.80 Å². The predicted molar refractivity (Wildman–Crippen MR) is 152 cm³/mol. The van der Waals surface area contributed by atoms with Gasteiger partial charge in [0.25, 0.3) is 0 Å². The van der Waals surface area contributed by atoms with Gasteiger partial charge in [-0.25, -0.2) is 8.42 Å². The van der Waals surface area contributed by atoms with Crippen LogP contribution in [0, 0.1) is 0 Å². The summed E-state index contributed by atoms with van der Waals surface area (Å²) >= 11 is 12.6. The minimum absolute atomic E-state index is 0.231. The Morgan fingerprint density at radius 3 is 2.38 bits per heavy atom. The Morgan fingerprint density at radius 2 is 1.65 bits per heavy atom. The fourth-order valence-electron chi connectivity index (χ4n) is 6.12. The number of likely N-dealkylation sites (N-methyl/N-ethyl adjacent to an activating group) is 1. The molecule has 3 aromatic rings. The number of likely N-dealkylation sites (tertiary alicyclic amines) is 1. The number of benzene rings is 3. The van der Waals surface area contributed by atoms with Crippen LogP contribution in [0.5, 0.6) is 0 Å². The average Bonchev–Trinajstić information content (AvgIpc) is 3.11. The number of piperidine rings is 1. The number of fused-ring (bicyclic) bond motifs is 2. The molecule has 1 fully saturated rings. The third kappa shape index (κ3) is 5.91. The maximum atomic E-state index is 12.8. The molecule has 2 heterocycles. The topological polar surface area (TPSA) is 40.6 Å². The Labute approximate surface area is 231 Å². The van der Waals surface area contributed by atoms with Gasteiger partial charge in [-0.3, -0.25) is 0 Å². The van der Waals surface area contributed by atoms with Gasteiger partial charge in [-0.1, -0.05) is 77.8 Å². The number of nitrogens with zero attached hydrogens (tertiary/aromatic N) is 2. The van der Waals surface area contributed by atoms with Gasteiger partial charge in [0.2, 0.25) is 0 Å². The first-order chi connectivity index (χ1) is 17.8. The van der Waals surface area contributed by atoms with Gasteiger partial charge in [-0.05, 0) is 86.8 Å². The average molecular weight is 558 g/mol. The summed E-state index contributed by atoms with van der Waals surface area (Å²) in [7, 11) is -1.02. The Balaban J connectivity index is 1.25. The van der Waals surface area contributed by atoms with Crippen LogP contribution >= 0.6 is 23.2 Å². The van der Waals surface area contributed by atoms with Gasteiger partial charge in [-0.15, -0.1) is 0 Å². The van der Waals surface area contributed by atoms with E-state index in [1.54, 1.807) is 6.07 Å². The number of rotatable bonds is 8. The SMILES string of the molecule is CN(Cc1ccccc1)C[C@@H](CCN1CCC2(CC1)CS(=O)(=O)c1ccccc12)c1ccc(Cl)c(Cl)c1. The number of halogens is 2. The van der Waals surface area contributed by atoms with E-state index < -0.39 is 9.84 Å². The summed E-state index contributed by atoms with van der Waals surface area (Å²) in [5.41, 5.74) is 3.31. The predicted octanol–water partition coefficient (Wildman–Crippen LogP) is 6.42. The maximum absolute atomic E-state index is 12.8. The molecule has 5 rings (SSSR count). The van der Waals surface area contributed by atoms with Crippen molar-refractivity contribution < 1.29 is 8.42 Å². The van der Waals surface area contributed by atoms with Crippen molar-refractivity contribution in [1.82, 2.24) is 9.80 Å². The van der Waals surface area contributed by atoms with Crippen molar-refractivity contribution in [3.8, 4) is 0 Å². The molecule has 4 nitrogen and oxygen atoms in total. The Bertz CT molecular complexity index is 1340. The van der Waals surface area contributed by atoms with E-state index in [1.807, 2.05) is 36.4 Å². The van der Waals surface area contributed by atoms with E-state index in [0.29, 0.717) is 20.9 Å². The Kier molecular flexibility index (Phi) is 7.99. The van der Waals surface area contributed by atoms with Gasteiger partial charge >= 0.3 is 0 Å². The summed E-state index contributed by atoms with van der Waals surface area (Å²) in [6, 6.07) is 24.1. The molecule has 0 aliphatic carbocycles. The van der Waals surface area contributed by atoms with Crippen molar-refractivity contribution in [2.45, 2.75) is 42.0 Å². The summed E-state index contributed by atoms with van der Waals surface area (Å²) < 4.78 is 25.7. The second kappa shape index (κ2) is 11.1. The monoisotopic (exact) mass is 556 g/mol. The lowest BCUT2D eigenvalue weighted by Crippen LogP contribution is -2.44. The van der Waals surface area contributed by atoms with Crippen molar-refractivity contribution in [2.75, 3.05) is 39.0 Å². The molecule has 1 atom stereocenters. The lowest BCUT2D eigenvalue weighted by Gasteiger charge is -2.40. The van der Waals surface area contributed by atoms with Crippen LogP contribution in [0.15, 0.2) is 77.7 Å². The second-order valence-corrected chi connectivity index (χ2v) is 13.5. The van der Waals surface area contributed by atoms with Gasteiger partial charge in [-0.2, -0.15) is 0 Å². The first-order valence-corrected chi connectivity index (χ1v) is 15.4. The fourth-order valence-corrected chi connectivity index (χ4v) is 8.66. The van der Waals surface area contributed by atoms with Gasteiger partial charge in [0.1, 0.15) is 0 Å². The van der Waals surface area contributed by atoms with Crippen LogP contribution in [-0.4, -0.2) is 57.2 Å². The van der Waals surface area contributed by atoms with E-state index in [9.17, 15) is 8.42 Å². The molecule has 0 aromatic heterocycles. The van der Waals surface area contributed by atoms with E-state index in [-0.39, 0.29) is 11.2 Å². The first kappa shape index (κ1) is 26.7. The maximum Gasteiger partial charge on any atom is 0.179 e. The molecule has 0 radical (unpaired) electrons. The third-order valence-electron chi connectivity index (χ3n) is 8.11. The van der Waals surface area contributed by atoms with E-state index in [2.05, 4.69) is 47.2 Å². The summed E-state index contributed by atoms with van der Waals surface area (Å²) in [6.45, 7) is 4.60. The number of sulfone groups is 1. The van der Waals surface area contributed by atoms with Crippen molar-refractivity contribution in [1.29, 1.82) is 0 Å². The van der Waals surface area contributed by atoms with Crippen LogP contribution in [0.4, 0.5) is 0 Å². The third-order valence-corrected chi connectivity index (χ3v) is 10.8. The van der Waals surface area contributed by atoms with Crippen LogP contribution in [0.3, 0.4) is 0 Å². The molecule has 1 spiro atoms. The van der Waals surface area contributed by atoms with E-state index in [4.69, 9.17) is 23.2 Å². The molecule has 3 aromatic carbocycles. The van der Waals surface area contributed by atoms with Crippen LogP contribution in [0.2, 0.25) is 10.0 Å².